The molecule has 1 aliphatic carbocycles. The van der Waals surface area contributed by atoms with E-state index in [0.717, 1.165) is 11.6 Å². The van der Waals surface area contributed by atoms with Crippen molar-refractivity contribution in [3.63, 3.8) is 0 Å². The Kier molecular flexibility index (Phi) is 4.04. The van der Waals surface area contributed by atoms with Crippen molar-refractivity contribution in [2.45, 2.75) is 38.3 Å². The average molecular weight is 287 g/mol. The van der Waals surface area contributed by atoms with Crippen LogP contribution >= 0.6 is 11.6 Å². The van der Waals surface area contributed by atoms with Crippen LogP contribution in [0.5, 0.6) is 0 Å². The standard InChI is InChI=1S/C17H19ClN2/c1-12-10-19-7-6-14(12)11-20-17-8-15(9-17)13-2-4-16(18)5-3-13/h2-7,10,15,17,20H,8-9,11H2,1H3. The van der Waals surface area contributed by atoms with Crippen molar-refractivity contribution in [3.8, 4) is 0 Å². The van der Waals surface area contributed by atoms with Gasteiger partial charge in [-0.2, -0.15) is 0 Å². The first-order chi connectivity index (χ1) is 9.72. The largest absolute Gasteiger partial charge is 0.310 e. The van der Waals surface area contributed by atoms with E-state index in [2.05, 4.69) is 35.4 Å². The Balaban J connectivity index is 1.49. The number of benzene rings is 1. The third-order valence-electron chi connectivity index (χ3n) is 4.20. The van der Waals surface area contributed by atoms with Crippen molar-refractivity contribution in [3.05, 3.63) is 64.4 Å². The highest BCUT2D eigenvalue weighted by Gasteiger charge is 2.29. The summed E-state index contributed by atoms with van der Waals surface area (Å²) >= 11 is 5.92. The summed E-state index contributed by atoms with van der Waals surface area (Å²) in [6.45, 7) is 3.05. The molecule has 3 heteroatoms. The van der Waals surface area contributed by atoms with Crippen molar-refractivity contribution in [2.24, 2.45) is 0 Å². The first kappa shape index (κ1) is 13.6. The molecule has 1 saturated carbocycles. The summed E-state index contributed by atoms with van der Waals surface area (Å²) in [5.74, 6) is 0.684. The van der Waals surface area contributed by atoms with Gasteiger partial charge >= 0.3 is 0 Å². The molecule has 1 fully saturated rings. The minimum Gasteiger partial charge on any atom is -0.310 e. The molecule has 20 heavy (non-hydrogen) atoms. The Bertz CT molecular complexity index is 574. The zero-order valence-corrected chi connectivity index (χ0v) is 12.4. The van der Waals surface area contributed by atoms with E-state index >= 15 is 0 Å². The molecule has 2 nitrogen and oxygen atoms in total. The second kappa shape index (κ2) is 5.94. The molecule has 2 aromatic rings. The molecule has 0 amide bonds. The second-order valence-electron chi connectivity index (χ2n) is 5.60. The first-order valence-corrected chi connectivity index (χ1v) is 7.48. The van der Waals surface area contributed by atoms with Gasteiger partial charge in [-0.05, 0) is 60.6 Å². The van der Waals surface area contributed by atoms with Crippen LogP contribution in [0.3, 0.4) is 0 Å². The number of pyridine rings is 1. The minimum absolute atomic E-state index is 0.628. The molecular formula is C17H19ClN2. The Hall–Kier alpha value is -1.38. The summed E-state index contributed by atoms with van der Waals surface area (Å²) in [7, 11) is 0. The zero-order valence-electron chi connectivity index (χ0n) is 11.6. The van der Waals surface area contributed by atoms with Crippen molar-refractivity contribution < 1.29 is 0 Å². The van der Waals surface area contributed by atoms with Crippen LogP contribution in [0, 0.1) is 6.92 Å². The lowest BCUT2D eigenvalue weighted by molar-refractivity contribution is 0.289. The summed E-state index contributed by atoms with van der Waals surface area (Å²) in [6.07, 6.45) is 6.22. The van der Waals surface area contributed by atoms with Gasteiger partial charge in [0, 0.05) is 30.0 Å². The molecule has 0 radical (unpaired) electrons. The Morgan fingerprint density at radius 2 is 1.95 bits per heavy atom. The molecule has 1 heterocycles. The zero-order chi connectivity index (χ0) is 13.9. The van der Waals surface area contributed by atoms with Gasteiger partial charge in [0.05, 0.1) is 0 Å². The van der Waals surface area contributed by atoms with E-state index in [9.17, 15) is 0 Å². The lowest BCUT2D eigenvalue weighted by atomic mass is 9.76. The van der Waals surface area contributed by atoms with Crippen LogP contribution in [0.2, 0.25) is 5.02 Å². The number of aromatic nitrogens is 1. The molecule has 104 valence electrons. The van der Waals surface area contributed by atoms with E-state index in [4.69, 9.17) is 11.6 Å². The SMILES string of the molecule is Cc1cnccc1CNC1CC(c2ccc(Cl)cc2)C1. The molecule has 0 spiro atoms. The molecule has 0 unspecified atom stereocenters. The van der Waals surface area contributed by atoms with Crippen LogP contribution in [0.25, 0.3) is 0 Å². The third-order valence-corrected chi connectivity index (χ3v) is 4.45. The lowest BCUT2D eigenvalue weighted by Gasteiger charge is -2.36. The van der Waals surface area contributed by atoms with E-state index < -0.39 is 0 Å². The summed E-state index contributed by atoms with van der Waals surface area (Å²) in [6, 6.07) is 11.0. The normalized spacial score (nSPS) is 21.5. The number of nitrogens with one attached hydrogen (secondary N) is 1. The average Bonchev–Trinajstić information content (AvgIpc) is 2.41. The van der Waals surface area contributed by atoms with Gasteiger partial charge in [0.15, 0.2) is 0 Å². The summed E-state index contributed by atoms with van der Waals surface area (Å²) in [5.41, 5.74) is 4.01. The van der Waals surface area contributed by atoms with Gasteiger partial charge in [-0.25, -0.2) is 0 Å². The molecular weight excluding hydrogens is 268 g/mol. The lowest BCUT2D eigenvalue weighted by Crippen LogP contribution is -2.39. The highest BCUT2D eigenvalue weighted by atomic mass is 35.5. The van der Waals surface area contributed by atoms with Gasteiger partial charge in [0.1, 0.15) is 0 Å². The van der Waals surface area contributed by atoms with Gasteiger partial charge in [0.2, 0.25) is 0 Å². The maximum Gasteiger partial charge on any atom is 0.0406 e. The van der Waals surface area contributed by atoms with Crippen LogP contribution in [-0.4, -0.2) is 11.0 Å². The van der Waals surface area contributed by atoms with Crippen molar-refractivity contribution in [1.82, 2.24) is 10.3 Å². The van der Waals surface area contributed by atoms with E-state index in [0.29, 0.717) is 12.0 Å². The Morgan fingerprint density at radius 3 is 2.65 bits per heavy atom. The Morgan fingerprint density at radius 1 is 1.20 bits per heavy atom. The smallest absolute Gasteiger partial charge is 0.0406 e. The topological polar surface area (TPSA) is 24.9 Å². The van der Waals surface area contributed by atoms with Crippen molar-refractivity contribution >= 4 is 11.6 Å². The number of hydrogen-bond acceptors (Lipinski definition) is 2. The van der Waals surface area contributed by atoms with Crippen molar-refractivity contribution in [2.75, 3.05) is 0 Å². The number of halogens is 1. The summed E-state index contributed by atoms with van der Waals surface area (Å²) in [4.78, 5) is 4.13. The van der Waals surface area contributed by atoms with Crippen LogP contribution in [0.15, 0.2) is 42.7 Å². The Labute approximate surface area is 125 Å². The maximum absolute atomic E-state index is 5.92. The fourth-order valence-corrected chi connectivity index (χ4v) is 2.87. The molecule has 1 N–H and O–H groups in total. The molecule has 1 aromatic carbocycles. The quantitative estimate of drug-likeness (QED) is 0.916. The second-order valence-corrected chi connectivity index (χ2v) is 6.04. The van der Waals surface area contributed by atoms with Crippen LogP contribution in [0.4, 0.5) is 0 Å². The molecule has 0 bridgehead atoms. The van der Waals surface area contributed by atoms with Gasteiger partial charge in [-0.3, -0.25) is 4.98 Å². The number of rotatable bonds is 4. The first-order valence-electron chi connectivity index (χ1n) is 7.10. The van der Waals surface area contributed by atoms with E-state index in [-0.39, 0.29) is 0 Å². The summed E-state index contributed by atoms with van der Waals surface area (Å²) < 4.78 is 0. The van der Waals surface area contributed by atoms with Crippen molar-refractivity contribution in [1.29, 1.82) is 0 Å². The van der Waals surface area contributed by atoms with E-state index in [1.807, 2.05) is 24.5 Å². The van der Waals surface area contributed by atoms with Gasteiger partial charge in [-0.15, -0.1) is 0 Å². The van der Waals surface area contributed by atoms with Crippen LogP contribution in [0.1, 0.15) is 35.4 Å². The van der Waals surface area contributed by atoms with E-state index in [1.54, 1.807) is 0 Å². The molecule has 0 atom stereocenters. The number of nitrogens with zero attached hydrogens (tertiary/aromatic N) is 1. The van der Waals surface area contributed by atoms with E-state index in [1.165, 1.54) is 29.5 Å². The molecule has 1 aliphatic rings. The number of aryl methyl sites for hydroxylation is 1. The van der Waals surface area contributed by atoms with Gasteiger partial charge < -0.3 is 5.32 Å². The molecule has 1 aromatic heterocycles. The highest BCUT2D eigenvalue weighted by molar-refractivity contribution is 6.30. The predicted molar refractivity (Wildman–Crippen MR) is 83.0 cm³/mol. The third kappa shape index (κ3) is 3.02. The molecule has 0 aliphatic heterocycles. The number of hydrogen-bond donors (Lipinski definition) is 1. The maximum atomic E-state index is 5.92. The summed E-state index contributed by atoms with van der Waals surface area (Å²) in [5, 5.41) is 4.45. The molecule has 0 saturated heterocycles. The highest BCUT2D eigenvalue weighted by Crippen LogP contribution is 2.37. The van der Waals surface area contributed by atoms with Gasteiger partial charge in [-0.1, -0.05) is 23.7 Å². The predicted octanol–water partition coefficient (Wildman–Crippen LogP) is 4.08. The fraction of sp³-hybridized carbons (Fsp3) is 0.353. The molecule has 3 rings (SSSR count). The van der Waals surface area contributed by atoms with Gasteiger partial charge in [0.25, 0.3) is 0 Å². The minimum atomic E-state index is 0.628. The fourth-order valence-electron chi connectivity index (χ4n) is 2.75. The monoisotopic (exact) mass is 286 g/mol. The van der Waals surface area contributed by atoms with Crippen LogP contribution < -0.4 is 5.32 Å². The van der Waals surface area contributed by atoms with Crippen LogP contribution in [-0.2, 0) is 6.54 Å².